The normalized spacial score (nSPS) is 31.8. The molecule has 3 unspecified atom stereocenters. The third-order valence-electron chi connectivity index (χ3n) is 6.98. The number of allylic oxidation sites excluding steroid dienone is 8. The van der Waals surface area contributed by atoms with Crippen molar-refractivity contribution in [2.24, 2.45) is 22.7 Å². The fourth-order valence-electron chi connectivity index (χ4n) is 5.40. The number of hydrogen-bond donors (Lipinski definition) is 0. The summed E-state index contributed by atoms with van der Waals surface area (Å²) >= 11 is 0. The van der Waals surface area contributed by atoms with Crippen LogP contribution < -0.4 is 0 Å². The molecule has 2 spiro atoms. The first-order chi connectivity index (χ1) is 13.6. The molecule has 0 bridgehead atoms. The largest absolute Gasteiger partial charge is 0.0837 e. The lowest BCUT2D eigenvalue weighted by atomic mass is 9.65. The summed E-state index contributed by atoms with van der Waals surface area (Å²) in [6.45, 7) is 12.8. The van der Waals surface area contributed by atoms with Gasteiger partial charge in [-0.1, -0.05) is 122 Å². The average molecular weight is 385 g/mol. The smallest absolute Gasteiger partial charge is 0.00549 e. The number of hydrogen-bond acceptors (Lipinski definition) is 0. The zero-order chi connectivity index (χ0) is 20.9. The minimum absolute atomic E-state index is 0.549. The molecule has 0 radical (unpaired) electrons. The van der Waals surface area contributed by atoms with Gasteiger partial charge in [0.1, 0.15) is 0 Å². The highest BCUT2D eigenvalue weighted by molar-refractivity contribution is 5.20. The van der Waals surface area contributed by atoms with Crippen molar-refractivity contribution in [3.05, 3.63) is 48.6 Å². The zero-order valence-electron chi connectivity index (χ0n) is 19.8. The maximum absolute atomic E-state index is 2.46. The van der Waals surface area contributed by atoms with E-state index in [1.807, 2.05) is 27.7 Å². The summed E-state index contributed by atoms with van der Waals surface area (Å²) in [7, 11) is 0. The maximum Gasteiger partial charge on any atom is -0.00549 e. The van der Waals surface area contributed by atoms with E-state index in [4.69, 9.17) is 0 Å². The highest BCUT2D eigenvalue weighted by atomic mass is 14.4. The average Bonchev–Trinajstić information content (AvgIpc) is 2.75. The maximum atomic E-state index is 2.46. The minimum Gasteiger partial charge on any atom is -0.0837 e. The van der Waals surface area contributed by atoms with E-state index in [2.05, 4.69) is 62.5 Å². The molecule has 0 saturated heterocycles. The van der Waals surface area contributed by atoms with Gasteiger partial charge < -0.3 is 0 Å². The summed E-state index contributed by atoms with van der Waals surface area (Å²) in [6.07, 6.45) is 32.6. The first-order valence-corrected chi connectivity index (χ1v) is 12.3. The van der Waals surface area contributed by atoms with Crippen molar-refractivity contribution in [1.82, 2.24) is 0 Å². The lowest BCUT2D eigenvalue weighted by molar-refractivity contribution is 0.197. The minimum atomic E-state index is 0.549. The highest BCUT2D eigenvalue weighted by Crippen LogP contribution is 2.46. The first kappa shape index (κ1) is 25.0. The van der Waals surface area contributed by atoms with Crippen LogP contribution in [-0.4, -0.2) is 0 Å². The summed E-state index contributed by atoms with van der Waals surface area (Å²) in [5.41, 5.74) is 1.11. The molecule has 0 aliphatic heterocycles. The molecule has 28 heavy (non-hydrogen) atoms. The molecule has 4 rings (SSSR count). The molecule has 0 aromatic carbocycles. The van der Waals surface area contributed by atoms with Crippen molar-refractivity contribution in [2.45, 2.75) is 106 Å². The van der Waals surface area contributed by atoms with E-state index in [1.165, 1.54) is 64.2 Å². The fourth-order valence-corrected chi connectivity index (χ4v) is 5.40. The predicted octanol–water partition coefficient (Wildman–Crippen LogP) is 9.45. The Bertz CT molecular complexity index is 512. The van der Waals surface area contributed by atoms with Crippen LogP contribution in [0.4, 0.5) is 0 Å². The fraction of sp³-hybridized carbons (Fsp3) is 0.714. The van der Waals surface area contributed by atoms with Crippen molar-refractivity contribution in [3.63, 3.8) is 0 Å². The summed E-state index contributed by atoms with van der Waals surface area (Å²) in [4.78, 5) is 0. The van der Waals surface area contributed by atoms with Crippen LogP contribution >= 0.6 is 0 Å². The molecule has 2 saturated carbocycles. The Morgan fingerprint density at radius 2 is 1.39 bits per heavy atom. The standard InChI is InChI=1S/2C12H18.2C2H6/c1-11-7-3-6-10-12(11)8-4-2-5-9-12;1-11-6-5-9-12(10-11)7-3-2-4-8-12;2*1-2/h3,6-7,10-11H,2,4-5,8-9H2,1H3;2-4,7,11H,5-6,8-10H2,1H3;2*1-2H3. The van der Waals surface area contributed by atoms with E-state index in [9.17, 15) is 0 Å². The zero-order valence-corrected chi connectivity index (χ0v) is 19.8. The van der Waals surface area contributed by atoms with Crippen LogP contribution in [0, 0.1) is 22.7 Å². The molecular formula is C28H48. The molecule has 3 atom stereocenters. The molecule has 0 aromatic rings. The van der Waals surface area contributed by atoms with E-state index in [0.717, 1.165) is 11.8 Å². The van der Waals surface area contributed by atoms with Crippen molar-refractivity contribution in [1.29, 1.82) is 0 Å². The summed E-state index contributed by atoms with van der Waals surface area (Å²) in [5, 5.41) is 0. The Morgan fingerprint density at radius 3 is 1.96 bits per heavy atom. The van der Waals surface area contributed by atoms with Crippen molar-refractivity contribution < 1.29 is 0 Å². The van der Waals surface area contributed by atoms with Crippen LogP contribution in [0.15, 0.2) is 48.6 Å². The van der Waals surface area contributed by atoms with Gasteiger partial charge in [0.05, 0.1) is 0 Å². The summed E-state index contributed by atoms with van der Waals surface area (Å²) in [6, 6.07) is 0. The van der Waals surface area contributed by atoms with E-state index in [1.54, 1.807) is 0 Å². The highest BCUT2D eigenvalue weighted by Gasteiger charge is 2.34. The van der Waals surface area contributed by atoms with Gasteiger partial charge in [0.2, 0.25) is 0 Å². The van der Waals surface area contributed by atoms with Crippen LogP contribution in [0.5, 0.6) is 0 Å². The quantitative estimate of drug-likeness (QED) is 0.390. The van der Waals surface area contributed by atoms with Gasteiger partial charge in [-0.15, -0.1) is 0 Å². The van der Waals surface area contributed by atoms with E-state index < -0.39 is 0 Å². The molecule has 4 aliphatic carbocycles. The van der Waals surface area contributed by atoms with Crippen molar-refractivity contribution >= 4 is 0 Å². The van der Waals surface area contributed by atoms with Gasteiger partial charge in [-0.25, -0.2) is 0 Å². The van der Waals surface area contributed by atoms with Gasteiger partial charge >= 0.3 is 0 Å². The first-order valence-electron chi connectivity index (χ1n) is 12.3. The molecule has 0 heterocycles. The van der Waals surface area contributed by atoms with Crippen LogP contribution in [0.2, 0.25) is 0 Å². The molecular weight excluding hydrogens is 336 g/mol. The van der Waals surface area contributed by atoms with Crippen LogP contribution in [0.25, 0.3) is 0 Å². The third-order valence-corrected chi connectivity index (χ3v) is 6.98. The van der Waals surface area contributed by atoms with Crippen LogP contribution in [0.3, 0.4) is 0 Å². The van der Waals surface area contributed by atoms with Crippen molar-refractivity contribution in [2.75, 3.05) is 0 Å². The summed E-state index contributed by atoms with van der Waals surface area (Å²) in [5.74, 6) is 1.71. The van der Waals surface area contributed by atoms with E-state index in [0.29, 0.717) is 10.8 Å². The van der Waals surface area contributed by atoms with Gasteiger partial charge in [0.15, 0.2) is 0 Å². The Hall–Kier alpha value is -1.04. The monoisotopic (exact) mass is 384 g/mol. The van der Waals surface area contributed by atoms with Crippen molar-refractivity contribution in [3.8, 4) is 0 Å². The van der Waals surface area contributed by atoms with Gasteiger partial charge in [-0.2, -0.15) is 0 Å². The molecule has 0 heteroatoms. The van der Waals surface area contributed by atoms with Gasteiger partial charge in [-0.05, 0) is 54.8 Å². The molecule has 0 nitrogen and oxygen atoms in total. The van der Waals surface area contributed by atoms with Gasteiger partial charge in [0.25, 0.3) is 0 Å². The Morgan fingerprint density at radius 1 is 0.714 bits per heavy atom. The number of rotatable bonds is 0. The summed E-state index contributed by atoms with van der Waals surface area (Å²) < 4.78 is 0. The Labute approximate surface area is 177 Å². The Kier molecular flexibility index (Phi) is 11.8. The lowest BCUT2D eigenvalue weighted by Gasteiger charge is -2.40. The molecule has 0 amide bonds. The second kappa shape index (κ2) is 13.2. The third kappa shape index (κ3) is 7.09. The second-order valence-electron chi connectivity index (χ2n) is 8.88. The predicted molar refractivity (Wildman–Crippen MR) is 129 cm³/mol. The Balaban J connectivity index is 0.000000238. The molecule has 4 aliphatic rings. The molecule has 0 aromatic heterocycles. The molecule has 160 valence electrons. The van der Waals surface area contributed by atoms with Crippen LogP contribution in [-0.2, 0) is 0 Å². The SMILES string of the molecule is CC.CC.CC1C=CC=CC12CCCCC2.CC1CCCC2(C=CC=CC2)C1. The van der Waals surface area contributed by atoms with Crippen LogP contribution in [0.1, 0.15) is 106 Å². The van der Waals surface area contributed by atoms with E-state index >= 15 is 0 Å². The molecule has 0 N–H and O–H groups in total. The lowest BCUT2D eigenvalue weighted by Crippen LogP contribution is -2.29. The van der Waals surface area contributed by atoms with Gasteiger partial charge in [-0.3, -0.25) is 0 Å². The second-order valence-corrected chi connectivity index (χ2v) is 8.88. The topological polar surface area (TPSA) is 0 Å². The van der Waals surface area contributed by atoms with Gasteiger partial charge in [0, 0.05) is 0 Å². The van der Waals surface area contributed by atoms with E-state index in [-0.39, 0.29) is 0 Å². The molecule has 2 fully saturated rings.